The number of aryl methyl sites for hydroxylation is 2. The summed E-state index contributed by atoms with van der Waals surface area (Å²) < 4.78 is 1.59. The van der Waals surface area contributed by atoms with Crippen LogP contribution in [0, 0.1) is 6.92 Å². The number of amides is 1. The van der Waals surface area contributed by atoms with Gasteiger partial charge in [-0.2, -0.15) is 5.10 Å². The van der Waals surface area contributed by atoms with E-state index in [0.717, 1.165) is 11.3 Å². The maximum absolute atomic E-state index is 12.0. The number of aromatic nitrogens is 2. The zero-order chi connectivity index (χ0) is 13.1. The largest absolute Gasteiger partial charge is 0.320 e. The molecule has 1 aromatic heterocycles. The lowest BCUT2D eigenvalue weighted by Crippen LogP contribution is -2.13. The minimum Gasteiger partial charge on any atom is -0.320 e. The van der Waals surface area contributed by atoms with Gasteiger partial charge in [-0.15, -0.1) is 0 Å². The highest BCUT2D eigenvalue weighted by Gasteiger charge is 2.11. The van der Waals surface area contributed by atoms with E-state index in [9.17, 15) is 4.79 Å². The second-order valence-corrected chi connectivity index (χ2v) is 4.81. The van der Waals surface area contributed by atoms with Crippen LogP contribution in [0.2, 0.25) is 0 Å². The van der Waals surface area contributed by atoms with Gasteiger partial charge in [-0.25, -0.2) is 4.68 Å². The first-order valence-electron chi connectivity index (χ1n) is 5.45. The minimum atomic E-state index is -0.214. The monoisotopic (exact) mass is 262 g/mol. The van der Waals surface area contributed by atoms with E-state index in [1.165, 1.54) is 11.3 Å². The standard InChI is InChI=1S/C12H14N4OS/c1-8-4-6-9(7-5-8)14-10(17)11-15-16(3)12(13-2)18-11/h4-7H,1-3H3,(H,14,17). The van der Waals surface area contributed by atoms with Gasteiger partial charge in [0.2, 0.25) is 9.81 Å². The Morgan fingerprint density at radius 2 is 2.06 bits per heavy atom. The molecule has 0 fully saturated rings. The smallest absolute Gasteiger partial charge is 0.286 e. The van der Waals surface area contributed by atoms with Crippen LogP contribution in [0.5, 0.6) is 0 Å². The lowest BCUT2D eigenvalue weighted by Gasteiger charge is -2.02. The highest BCUT2D eigenvalue weighted by molar-refractivity contribution is 7.11. The summed E-state index contributed by atoms with van der Waals surface area (Å²) in [4.78, 5) is 16.7. The van der Waals surface area contributed by atoms with Crippen molar-refractivity contribution in [3.63, 3.8) is 0 Å². The second-order valence-electron chi connectivity index (χ2n) is 3.86. The number of carbonyl (C=O) groups excluding carboxylic acids is 1. The van der Waals surface area contributed by atoms with Crippen molar-refractivity contribution in [2.45, 2.75) is 6.92 Å². The highest BCUT2D eigenvalue weighted by Crippen LogP contribution is 2.10. The van der Waals surface area contributed by atoms with E-state index in [2.05, 4.69) is 15.4 Å². The molecule has 2 rings (SSSR count). The molecule has 0 unspecified atom stereocenters. The average molecular weight is 262 g/mol. The summed E-state index contributed by atoms with van der Waals surface area (Å²) in [5, 5.41) is 7.33. The van der Waals surface area contributed by atoms with E-state index in [4.69, 9.17) is 0 Å². The van der Waals surface area contributed by atoms with Crippen LogP contribution in [0.4, 0.5) is 5.69 Å². The molecule has 0 aliphatic rings. The van der Waals surface area contributed by atoms with Gasteiger partial charge in [-0.05, 0) is 19.1 Å². The third kappa shape index (κ3) is 2.65. The third-order valence-corrected chi connectivity index (χ3v) is 3.49. The fraction of sp³-hybridized carbons (Fsp3) is 0.250. The molecule has 0 bridgehead atoms. The van der Waals surface area contributed by atoms with Crippen molar-refractivity contribution in [3.05, 3.63) is 39.6 Å². The van der Waals surface area contributed by atoms with Crippen molar-refractivity contribution in [3.8, 4) is 0 Å². The van der Waals surface area contributed by atoms with Crippen molar-refractivity contribution < 1.29 is 4.79 Å². The molecule has 5 nitrogen and oxygen atoms in total. The van der Waals surface area contributed by atoms with Crippen molar-refractivity contribution in [1.29, 1.82) is 0 Å². The van der Waals surface area contributed by atoms with Crippen LogP contribution in [0.3, 0.4) is 0 Å². The van der Waals surface area contributed by atoms with Crippen molar-refractivity contribution in [1.82, 2.24) is 9.78 Å². The van der Waals surface area contributed by atoms with Crippen LogP contribution >= 0.6 is 11.3 Å². The molecule has 0 spiro atoms. The van der Waals surface area contributed by atoms with Gasteiger partial charge in [0.15, 0.2) is 0 Å². The molecule has 1 N–H and O–H groups in total. The molecular formula is C12H14N4OS. The Labute approximate surface area is 109 Å². The number of nitrogens with zero attached hydrogens (tertiary/aromatic N) is 3. The number of rotatable bonds is 2. The maximum Gasteiger partial charge on any atom is 0.286 e. The van der Waals surface area contributed by atoms with E-state index >= 15 is 0 Å². The molecule has 0 aliphatic heterocycles. The number of anilines is 1. The molecule has 0 saturated heterocycles. The molecule has 94 valence electrons. The highest BCUT2D eigenvalue weighted by atomic mass is 32.1. The molecule has 1 amide bonds. The fourth-order valence-electron chi connectivity index (χ4n) is 1.46. The maximum atomic E-state index is 12.0. The van der Waals surface area contributed by atoms with Gasteiger partial charge in [-0.1, -0.05) is 29.0 Å². The van der Waals surface area contributed by atoms with Crippen molar-refractivity contribution in [2.24, 2.45) is 12.0 Å². The van der Waals surface area contributed by atoms with Gasteiger partial charge in [0.1, 0.15) is 0 Å². The molecule has 0 radical (unpaired) electrons. The van der Waals surface area contributed by atoms with Crippen molar-refractivity contribution >= 4 is 22.9 Å². The van der Waals surface area contributed by atoms with E-state index in [1.807, 2.05) is 31.2 Å². The molecule has 0 atom stereocenters. The first kappa shape index (κ1) is 12.5. The fourth-order valence-corrected chi connectivity index (χ4v) is 2.20. The van der Waals surface area contributed by atoms with E-state index in [1.54, 1.807) is 18.8 Å². The Balaban J connectivity index is 2.19. The van der Waals surface area contributed by atoms with Gasteiger partial charge < -0.3 is 5.32 Å². The van der Waals surface area contributed by atoms with Gasteiger partial charge in [0.25, 0.3) is 5.91 Å². The average Bonchev–Trinajstić information content (AvgIpc) is 2.73. The second kappa shape index (κ2) is 5.14. The van der Waals surface area contributed by atoms with Gasteiger partial charge in [0.05, 0.1) is 0 Å². The first-order valence-corrected chi connectivity index (χ1v) is 6.27. The first-order chi connectivity index (χ1) is 8.60. The minimum absolute atomic E-state index is 0.214. The number of hydrogen-bond acceptors (Lipinski definition) is 4. The van der Waals surface area contributed by atoms with E-state index < -0.39 is 0 Å². The zero-order valence-electron chi connectivity index (χ0n) is 10.5. The topological polar surface area (TPSA) is 59.3 Å². The summed E-state index contributed by atoms with van der Waals surface area (Å²) >= 11 is 1.26. The lowest BCUT2D eigenvalue weighted by atomic mass is 10.2. The lowest BCUT2D eigenvalue weighted by molar-refractivity contribution is 0.102. The summed E-state index contributed by atoms with van der Waals surface area (Å²) in [6.45, 7) is 2.00. The Hall–Kier alpha value is -1.95. The molecule has 6 heteroatoms. The van der Waals surface area contributed by atoms with Gasteiger partial charge >= 0.3 is 0 Å². The Morgan fingerprint density at radius 3 is 2.61 bits per heavy atom. The van der Waals surface area contributed by atoms with Crippen LogP contribution in [0.1, 0.15) is 15.4 Å². The Bertz CT molecular complexity index is 624. The predicted octanol–water partition coefficient (Wildman–Crippen LogP) is 1.57. The zero-order valence-corrected chi connectivity index (χ0v) is 11.3. The molecule has 18 heavy (non-hydrogen) atoms. The van der Waals surface area contributed by atoms with Gasteiger partial charge in [-0.3, -0.25) is 9.79 Å². The molecular weight excluding hydrogens is 248 g/mol. The van der Waals surface area contributed by atoms with E-state index in [0.29, 0.717) is 9.81 Å². The molecule has 2 aromatic rings. The Kier molecular flexibility index (Phi) is 3.57. The Morgan fingerprint density at radius 1 is 1.39 bits per heavy atom. The third-order valence-electron chi connectivity index (χ3n) is 2.40. The number of benzene rings is 1. The molecule has 1 aromatic carbocycles. The van der Waals surface area contributed by atoms with Crippen molar-refractivity contribution in [2.75, 3.05) is 12.4 Å². The summed E-state index contributed by atoms with van der Waals surface area (Å²) in [6.07, 6.45) is 0. The van der Waals surface area contributed by atoms with Crippen LogP contribution in [-0.2, 0) is 7.05 Å². The molecule has 0 saturated carbocycles. The summed E-state index contributed by atoms with van der Waals surface area (Å²) in [5.74, 6) is -0.214. The SMILES string of the molecule is CN=c1sc(C(=O)Nc2ccc(C)cc2)nn1C. The van der Waals surface area contributed by atoms with Crippen LogP contribution in [0.25, 0.3) is 0 Å². The summed E-state index contributed by atoms with van der Waals surface area (Å²) in [6, 6.07) is 7.63. The number of hydrogen-bond donors (Lipinski definition) is 1. The van der Waals surface area contributed by atoms with Crippen LogP contribution in [0.15, 0.2) is 29.3 Å². The normalized spacial score (nSPS) is 11.6. The van der Waals surface area contributed by atoms with Gasteiger partial charge in [0, 0.05) is 19.8 Å². The summed E-state index contributed by atoms with van der Waals surface area (Å²) in [7, 11) is 3.44. The summed E-state index contributed by atoms with van der Waals surface area (Å²) in [5.41, 5.74) is 1.92. The predicted molar refractivity (Wildman–Crippen MR) is 71.7 cm³/mol. The number of nitrogens with one attached hydrogen (secondary N) is 1. The van der Waals surface area contributed by atoms with E-state index in [-0.39, 0.29) is 5.91 Å². The number of carbonyl (C=O) groups is 1. The van der Waals surface area contributed by atoms with Crippen LogP contribution in [-0.4, -0.2) is 22.7 Å². The van der Waals surface area contributed by atoms with Crippen LogP contribution < -0.4 is 10.1 Å². The molecule has 1 heterocycles. The molecule has 0 aliphatic carbocycles. The quantitative estimate of drug-likeness (QED) is 0.893.